The minimum Gasteiger partial charge on any atom is -0.477 e. The van der Waals surface area contributed by atoms with E-state index in [9.17, 15) is 19.5 Å². The second-order valence-corrected chi connectivity index (χ2v) is 20.2. The molecule has 2 unspecified atom stereocenters. The van der Waals surface area contributed by atoms with E-state index in [1.807, 2.05) is 21.1 Å². The molecule has 0 radical (unpaired) electrons. The molecule has 0 aliphatic rings. The van der Waals surface area contributed by atoms with Gasteiger partial charge in [0.05, 0.1) is 34.4 Å². The maximum Gasteiger partial charge on any atom is 0.362 e. The summed E-state index contributed by atoms with van der Waals surface area (Å²) in [5.74, 6) is -1.47. The Labute approximate surface area is 419 Å². The summed E-state index contributed by atoms with van der Waals surface area (Å²) in [5.41, 5.74) is 0. The Morgan fingerprint density at radius 3 is 1.24 bits per heavy atom. The van der Waals surface area contributed by atoms with Gasteiger partial charge in [0.15, 0.2) is 12.1 Å². The Hall–Kier alpha value is -2.97. The summed E-state index contributed by atoms with van der Waals surface area (Å²) in [7, 11) is 5.54. The molecule has 0 fully saturated rings. The van der Waals surface area contributed by atoms with Crippen LogP contribution in [0.4, 0.5) is 0 Å². The second kappa shape index (κ2) is 50.4. The van der Waals surface area contributed by atoms with Crippen LogP contribution in [0, 0.1) is 0 Å². The summed E-state index contributed by atoms with van der Waals surface area (Å²) in [5, 5.41) is 9.68. The van der Waals surface area contributed by atoms with Crippen LogP contribution in [0.25, 0.3) is 0 Å². The Bertz CT molecular complexity index is 1290. The number of ether oxygens (including phenoxy) is 3. The van der Waals surface area contributed by atoms with Crippen molar-refractivity contribution >= 4 is 17.9 Å². The zero-order valence-electron chi connectivity index (χ0n) is 45.1. The van der Waals surface area contributed by atoms with Gasteiger partial charge in [0.1, 0.15) is 6.61 Å². The molecule has 2 atom stereocenters. The zero-order valence-corrected chi connectivity index (χ0v) is 45.1. The van der Waals surface area contributed by atoms with Gasteiger partial charge >= 0.3 is 17.9 Å². The molecule has 1 N–H and O–H groups in total. The number of carbonyl (C=O) groups excluding carboxylic acids is 2. The van der Waals surface area contributed by atoms with Crippen molar-refractivity contribution in [3.63, 3.8) is 0 Å². The largest absolute Gasteiger partial charge is 0.477 e. The highest BCUT2D eigenvalue weighted by atomic mass is 16.6. The van der Waals surface area contributed by atoms with Crippen molar-refractivity contribution in [1.29, 1.82) is 0 Å². The van der Waals surface area contributed by atoms with Crippen LogP contribution in [0.1, 0.15) is 251 Å². The highest BCUT2D eigenvalue weighted by Crippen LogP contribution is 2.16. The first-order valence-electron chi connectivity index (χ1n) is 28.3. The minimum absolute atomic E-state index is 0.0538. The molecule has 0 aliphatic carbocycles. The van der Waals surface area contributed by atoms with Gasteiger partial charge in [-0.15, -0.1) is 0 Å². The van der Waals surface area contributed by atoms with Gasteiger partial charge in [-0.25, -0.2) is 4.79 Å². The number of carboxylic acids is 1. The van der Waals surface area contributed by atoms with Crippen LogP contribution < -0.4 is 0 Å². The average Bonchev–Trinajstić information content (AvgIpc) is 3.30. The number of rotatable bonds is 51. The van der Waals surface area contributed by atoms with Gasteiger partial charge in [-0.1, -0.05) is 216 Å². The van der Waals surface area contributed by atoms with Gasteiger partial charge in [0.2, 0.25) is 0 Å². The molecule has 394 valence electrons. The summed E-state index contributed by atoms with van der Waals surface area (Å²) in [4.78, 5) is 37.3. The average molecular weight is 956 g/mol. The monoisotopic (exact) mass is 955 g/mol. The first kappa shape index (κ1) is 65.0. The van der Waals surface area contributed by atoms with Crippen molar-refractivity contribution in [2.45, 2.75) is 264 Å². The van der Waals surface area contributed by atoms with Crippen LogP contribution in [0.15, 0.2) is 60.8 Å². The van der Waals surface area contributed by atoms with Crippen molar-refractivity contribution in [2.75, 3.05) is 41.0 Å². The molecule has 0 aromatic carbocycles. The van der Waals surface area contributed by atoms with E-state index in [-0.39, 0.29) is 36.2 Å². The minimum atomic E-state index is -0.875. The van der Waals surface area contributed by atoms with E-state index in [4.69, 9.17) is 14.2 Å². The van der Waals surface area contributed by atoms with E-state index in [0.717, 1.165) is 64.2 Å². The van der Waals surface area contributed by atoms with Crippen molar-refractivity contribution in [1.82, 2.24) is 0 Å². The van der Waals surface area contributed by atoms with Gasteiger partial charge in [-0.3, -0.25) is 9.59 Å². The fourth-order valence-electron chi connectivity index (χ4n) is 8.31. The van der Waals surface area contributed by atoms with Crippen molar-refractivity contribution < 1.29 is 38.2 Å². The molecule has 8 nitrogen and oxygen atoms in total. The zero-order chi connectivity index (χ0) is 49.9. The standard InChI is InChI=1S/C60H107NO7/c1-6-8-10-12-14-16-18-20-22-24-26-28-29-31-33-35-37-39-41-43-45-47-49-51-59(63)68-56(54-66-53-52-57(60(64)65)61(3,4)5)55-67-58(62)50-48-46-44-42-40-38-36-34-32-30-27-25-23-21-19-17-15-13-11-9-7-2/h8,10,14,16,20,22,25-28,56-57H,6-7,9,11-13,15,17-19,21,23-24,29-55H2,1-5H3/p+1/b10-8-,16-14-,22-20-,27-25-,28-26-. The van der Waals surface area contributed by atoms with Crippen LogP contribution >= 0.6 is 0 Å². The maximum absolute atomic E-state index is 12.8. The number of likely N-dealkylation sites (N-methyl/N-ethyl adjacent to an activating group) is 1. The van der Waals surface area contributed by atoms with Crippen molar-refractivity contribution in [3.8, 4) is 0 Å². The summed E-state index contributed by atoms with van der Waals surface area (Å²) in [6, 6.07) is -0.618. The lowest BCUT2D eigenvalue weighted by Crippen LogP contribution is -2.50. The molecule has 0 aliphatic heterocycles. The van der Waals surface area contributed by atoms with Crippen LogP contribution in [-0.4, -0.2) is 80.6 Å². The maximum atomic E-state index is 12.8. The van der Waals surface area contributed by atoms with Gasteiger partial charge in [0.25, 0.3) is 0 Å². The van der Waals surface area contributed by atoms with Gasteiger partial charge in [-0.2, -0.15) is 0 Å². The molecule has 0 aromatic rings. The quantitative estimate of drug-likeness (QED) is 0.0281. The number of hydrogen-bond acceptors (Lipinski definition) is 6. The third-order valence-electron chi connectivity index (χ3n) is 12.7. The highest BCUT2D eigenvalue weighted by molar-refractivity contribution is 5.72. The van der Waals surface area contributed by atoms with E-state index in [0.29, 0.717) is 19.3 Å². The lowest BCUT2D eigenvalue weighted by molar-refractivity contribution is -0.887. The number of quaternary nitrogens is 1. The first-order chi connectivity index (χ1) is 33.1. The predicted octanol–water partition coefficient (Wildman–Crippen LogP) is 16.9. The number of esters is 2. The van der Waals surface area contributed by atoms with Crippen LogP contribution in [-0.2, 0) is 28.6 Å². The number of unbranched alkanes of at least 4 members (excludes halogenated alkanes) is 27. The molecule has 68 heavy (non-hydrogen) atoms. The third-order valence-corrected chi connectivity index (χ3v) is 12.7. The topological polar surface area (TPSA) is 99.1 Å². The SMILES string of the molecule is CC/C=C\C/C=C\C/C=C\C/C=C\CCCCCCCCCCCCC(=O)OC(COCCC(C(=O)O)[N+](C)(C)C)COC(=O)CCCCCCCCCCC/C=C\CCCCCCCCCC. The Morgan fingerprint density at radius 2 is 0.824 bits per heavy atom. The summed E-state index contributed by atoms with van der Waals surface area (Å²) in [6.45, 7) is 4.65. The smallest absolute Gasteiger partial charge is 0.362 e. The Morgan fingerprint density at radius 1 is 0.456 bits per heavy atom. The number of nitrogens with zero attached hydrogens (tertiary/aromatic N) is 1. The number of aliphatic carboxylic acids is 1. The molecule has 0 spiro atoms. The summed E-state index contributed by atoms with van der Waals surface area (Å²) >= 11 is 0. The van der Waals surface area contributed by atoms with Crippen molar-refractivity contribution in [2.24, 2.45) is 0 Å². The van der Waals surface area contributed by atoms with Gasteiger partial charge in [0, 0.05) is 19.3 Å². The summed E-state index contributed by atoms with van der Waals surface area (Å²) < 4.78 is 17.4. The third kappa shape index (κ3) is 48.1. The Balaban J connectivity index is 4.19. The van der Waals surface area contributed by atoms with Crippen molar-refractivity contribution in [3.05, 3.63) is 60.8 Å². The molecule has 0 rings (SSSR count). The molecule has 0 bridgehead atoms. The predicted molar refractivity (Wildman–Crippen MR) is 289 cm³/mol. The number of carboxylic acid groups (broad SMARTS) is 1. The normalized spacial score (nSPS) is 13.2. The number of allylic oxidation sites excluding steroid dienone is 10. The van der Waals surface area contributed by atoms with E-state index >= 15 is 0 Å². The molecule has 0 amide bonds. The van der Waals surface area contributed by atoms with E-state index in [1.54, 1.807) is 0 Å². The van der Waals surface area contributed by atoms with Crippen LogP contribution in [0.3, 0.4) is 0 Å². The molecular formula is C60H108NO7+. The van der Waals surface area contributed by atoms with E-state index in [2.05, 4.69) is 74.6 Å². The fraction of sp³-hybridized carbons (Fsp3) is 0.783. The van der Waals surface area contributed by atoms with E-state index in [1.165, 1.54) is 154 Å². The van der Waals surface area contributed by atoms with Gasteiger partial charge < -0.3 is 23.8 Å². The summed E-state index contributed by atoms with van der Waals surface area (Å²) in [6.07, 6.45) is 64.2. The lowest BCUT2D eigenvalue weighted by Gasteiger charge is -2.31. The van der Waals surface area contributed by atoms with Crippen LogP contribution in [0.2, 0.25) is 0 Å². The molecule has 0 heterocycles. The van der Waals surface area contributed by atoms with E-state index < -0.39 is 18.1 Å². The fourth-order valence-corrected chi connectivity index (χ4v) is 8.31. The van der Waals surface area contributed by atoms with Crippen LogP contribution in [0.5, 0.6) is 0 Å². The second-order valence-electron chi connectivity index (χ2n) is 20.2. The van der Waals surface area contributed by atoms with Gasteiger partial charge in [-0.05, 0) is 77.0 Å². The molecule has 8 heteroatoms. The lowest BCUT2D eigenvalue weighted by atomic mass is 10.0. The number of hydrogen-bond donors (Lipinski definition) is 1. The number of carbonyl (C=O) groups is 3. The molecular weight excluding hydrogens is 847 g/mol. The molecule has 0 saturated heterocycles. The Kier molecular flexibility index (Phi) is 48.2. The first-order valence-corrected chi connectivity index (χ1v) is 28.3. The highest BCUT2D eigenvalue weighted by Gasteiger charge is 2.31. The molecule has 0 saturated carbocycles. The molecule has 0 aromatic heterocycles.